The number of amides is 1. The molecule has 5 heterocycles. The van der Waals surface area contributed by atoms with Crippen LogP contribution in [0.2, 0.25) is 0 Å². The number of likely N-dealkylation sites (tertiary alicyclic amines) is 1. The number of nitrogens with zero attached hydrogens (tertiary/aromatic N) is 5. The van der Waals surface area contributed by atoms with Gasteiger partial charge in [-0.05, 0) is 32.0 Å². The van der Waals surface area contributed by atoms with Crippen molar-refractivity contribution in [2.75, 3.05) is 24.6 Å². The van der Waals surface area contributed by atoms with Gasteiger partial charge in [-0.2, -0.15) is 0 Å². The summed E-state index contributed by atoms with van der Waals surface area (Å²) in [5, 5.41) is 12.1. The van der Waals surface area contributed by atoms with Crippen molar-refractivity contribution in [2.24, 2.45) is 5.41 Å². The molecular formula is C21H21N5O5S. The fourth-order valence-corrected chi connectivity index (χ4v) is 6.34. The van der Waals surface area contributed by atoms with Crippen LogP contribution < -0.4 is 4.74 Å². The van der Waals surface area contributed by atoms with Crippen molar-refractivity contribution in [3.05, 3.63) is 53.2 Å². The zero-order chi connectivity index (χ0) is 22.5. The van der Waals surface area contributed by atoms with E-state index in [0.29, 0.717) is 24.5 Å². The highest BCUT2D eigenvalue weighted by atomic mass is 32.2. The summed E-state index contributed by atoms with van der Waals surface area (Å²) < 4.78 is 33.9. The molecule has 0 radical (unpaired) electrons. The summed E-state index contributed by atoms with van der Waals surface area (Å²) in [4.78, 5) is 18.4. The molecule has 0 aliphatic carbocycles. The fourth-order valence-electron chi connectivity index (χ4n) is 4.20. The Labute approximate surface area is 184 Å². The van der Waals surface area contributed by atoms with Crippen molar-refractivity contribution in [1.82, 2.24) is 25.2 Å². The molecule has 0 unspecified atom stereocenters. The zero-order valence-corrected chi connectivity index (χ0v) is 18.4. The Morgan fingerprint density at radius 2 is 1.94 bits per heavy atom. The number of hydrogen-bond donors (Lipinski definition) is 0. The molecule has 0 atom stereocenters. The van der Waals surface area contributed by atoms with Gasteiger partial charge in [0.25, 0.3) is 5.91 Å². The van der Waals surface area contributed by atoms with Crippen LogP contribution in [0, 0.1) is 19.3 Å². The molecule has 32 heavy (non-hydrogen) atoms. The van der Waals surface area contributed by atoms with Gasteiger partial charge >= 0.3 is 0 Å². The number of pyridine rings is 1. The number of sulfone groups is 1. The molecule has 166 valence electrons. The molecule has 2 aliphatic rings. The van der Waals surface area contributed by atoms with Gasteiger partial charge < -0.3 is 14.2 Å². The largest absolute Gasteiger partial charge is 0.472 e. The quantitative estimate of drug-likeness (QED) is 0.563. The number of aromatic nitrogens is 4. The summed E-state index contributed by atoms with van der Waals surface area (Å²) in [6.07, 6.45) is 1.73. The Bertz CT molecular complexity index is 1270. The van der Waals surface area contributed by atoms with Gasteiger partial charge in [-0.15, -0.1) is 10.2 Å². The van der Waals surface area contributed by atoms with Crippen LogP contribution in [0.3, 0.4) is 0 Å². The van der Waals surface area contributed by atoms with Crippen LogP contribution in [0.5, 0.6) is 5.88 Å². The number of aryl methyl sites for hydroxylation is 2. The van der Waals surface area contributed by atoms with Gasteiger partial charge in [0.15, 0.2) is 15.5 Å². The SMILES string of the molecule is Cc1ccc(-c2noc(C)c2COc2ccc(C(=O)N3CC4(C3)CS(=O)(=O)C4)nn2)cn1. The lowest BCUT2D eigenvalue weighted by Gasteiger charge is -2.54. The maximum atomic E-state index is 12.5. The highest BCUT2D eigenvalue weighted by Gasteiger charge is 2.57. The van der Waals surface area contributed by atoms with Gasteiger partial charge in [0.2, 0.25) is 5.88 Å². The van der Waals surface area contributed by atoms with Gasteiger partial charge in [0.1, 0.15) is 18.1 Å². The molecule has 3 aromatic rings. The van der Waals surface area contributed by atoms with E-state index in [9.17, 15) is 13.2 Å². The van der Waals surface area contributed by atoms with Crippen molar-refractivity contribution in [3.63, 3.8) is 0 Å². The maximum absolute atomic E-state index is 12.5. The minimum Gasteiger partial charge on any atom is -0.472 e. The molecule has 0 saturated carbocycles. The molecule has 2 saturated heterocycles. The summed E-state index contributed by atoms with van der Waals surface area (Å²) in [5.74, 6) is 0.949. The lowest BCUT2D eigenvalue weighted by molar-refractivity contribution is 0.0195. The third kappa shape index (κ3) is 3.72. The predicted octanol–water partition coefficient (Wildman–Crippen LogP) is 1.59. The van der Waals surface area contributed by atoms with Crippen LogP contribution in [-0.2, 0) is 16.4 Å². The normalized spacial score (nSPS) is 18.1. The van der Waals surface area contributed by atoms with E-state index < -0.39 is 9.84 Å². The molecule has 3 aromatic heterocycles. The van der Waals surface area contributed by atoms with Crippen LogP contribution in [0.15, 0.2) is 35.0 Å². The topological polar surface area (TPSA) is 128 Å². The molecule has 2 fully saturated rings. The summed E-state index contributed by atoms with van der Waals surface area (Å²) in [6.45, 7) is 4.76. The second-order valence-corrected chi connectivity index (χ2v) is 10.6. The fraction of sp³-hybridized carbons (Fsp3) is 0.381. The van der Waals surface area contributed by atoms with E-state index in [1.54, 1.807) is 30.2 Å². The highest BCUT2D eigenvalue weighted by Crippen LogP contribution is 2.41. The van der Waals surface area contributed by atoms with E-state index in [1.807, 2.05) is 19.1 Å². The Balaban J connectivity index is 1.21. The van der Waals surface area contributed by atoms with E-state index in [2.05, 4.69) is 20.3 Å². The maximum Gasteiger partial charge on any atom is 0.274 e. The van der Waals surface area contributed by atoms with E-state index >= 15 is 0 Å². The molecule has 1 amide bonds. The first-order valence-electron chi connectivity index (χ1n) is 10.1. The molecule has 1 spiro atoms. The van der Waals surface area contributed by atoms with Gasteiger partial charge in [-0.1, -0.05) is 5.16 Å². The zero-order valence-electron chi connectivity index (χ0n) is 17.6. The van der Waals surface area contributed by atoms with E-state index in [1.165, 1.54) is 0 Å². The van der Waals surface area contributed by atoms with Gasteiger partial charge in [0.05, 0.1) is 17.1 Å². The average molecular weight is 455 g/mol. The first-order chi connectivity index (χ1) is 15.2. The lowest BCUT2D eigenvalue weighted by atomic mass is 9.82. The molecule has 5 rings (SSSR count). The average Bonchev–Trinajstić information content (AvgIpc) is 3.09. The molecule has 0 aromatic carbocycles. The minimum atomic E-state index is -2.92. The summed E-state index contributed by atoms with van der Waals surface area (Å²) >= 11 is 0. The lowest BCUT2D eigenvalue weighted by Crippen LogP contribution is -2.69. The van der Waals surface area contributed by atoms with Crippen molar-refractivity contribution < 1.29 is 22.5 Å². The number of hydrogen-bond acceptors (Lipinski definition) is 9. The van der Waals surface area contributed by atoms with Crippen LogP contribution in [-0.4, -0.2) is 64.2 Å². The number of ether oxygens (including phenoxy) is 1. The molecule has 0 N–H and O–H groups in total. The van der Waals surface area contributed by atoms with Crippen molar-refractivity contribution in [2.45, 2.75) is 20.5 Å². The summed E-state index contributed by atoms with van der Waals surface area (Å²) in [6, 6.07) is 6.95. The Morgan fingerprint density at radius 1 is 1.16 bits per heavy atom. The highest BCUT2D eigenvalue weighted by molar-refractivity contribution is 7.92. The molecule has 0 bridgehead atoms. The van der Waals surface area contributed by atoms with Crippen LogP contribution in [0.1, 0.15) is 27.5 Å². The number of carbonyl (C=O) groups excluding carboxylic acids is 1. The van der Waals surface area contributed by atoms with E-state index in [0.717, 1.165) is 16.8 Å². The minimum absolute atomic E-state index is 0.158. The molecule has 2 aliphatic heterocycles. The second kappa shape index (κ2) is 7.37. The second-order valence-electron chi connectivity index (χ2n) is 8.49. The smallest absolute Gasteiger partial charge is 0.274 e. The predicted molar refractivity (Wildman–Crippen MR) is 113 cm³/mol. The van der Waals surface area contributed by atoms with E-state index in [-0.39, 0.29) is 41.0 Å². The Kier molecular flexibility index (Phi) is 4.73. The Morgan fingerprint density at radius 3 is 2.56 bits per heavy atom. The molecule has 11 heteroatoms. The third-order valence-corrected chi connectivity index (χ3v) is 7.89. The van der Waals surface area contributed by atoms with Crippen molar-refractivity contribution >= 4 is 15.7 Å². The van der Waals surface area contributed by atoms with Crippen LogP contribution in [0.4, 0.5) is 0 Å². The number of carbonyl (C=O) groups is 1. The molecule has 10 nitrogen and oxygen atoms in total. The summed E-state index contributed by atoms with van der Waals surface area (Å²) in [7, 11) is -2.92. The first kappa shape index (κ1) is 20.6. The van der Waals surface area contributed by atoms with Gasteiger partial charge in [-0.3, -0.25) is 9.78 Å². The standard InChI is InChI=1S/C21H21N5O5S/c1-13-3-4-15(7-22-13)19-16(14(2)31-25-19)8-30-18-6-5-17(23-24-18)20(27)26-9-21(10-26)11-32(28,29)12-21/h3-7H,8-12H2,1-2H3. The summed E-state index contributed by atoms with van der Waals surface area (Å²) in [5.41, 5.74) is 3.10. The van der Waals surface area contributed by atoms with Gasteiger partial charge in [-0.25, -0.2) is 8.42 Å². The Hall–Kier alpha value is -3.34. The number of rotatable bonds is 5. The third-order valence-electron chi connectivity index (χ3n) is 5.79. The van der Waals surface area contributed by atoms with Crippen molar-refractivity contribution in [3.8, 4) is 17.1 Å². The van der Waals surface area contributed by atoms with Crippen LogP contribution >= 0.6 is 0 Å². The van der Waals surface area contributed by atoms with Gasteiger partial charge in [0, 0.05) is 42.0 Å². The van der Waals surface area contributed by atoms with E-state index in [4.69, 9.17) is 9.26 Å². The molecular weight excluding hydrogens is 434 g/mol. The van der Waals surface area contributed by atoms with Crippen molar-refractivity contribution in [1.29, 1.82) is 0 Å². The van der Waals surface area contributed by atoms with Crippen LogP contribution in [0.25, 0.3) is 11.3 Å². The first-order valence-corrected chi connectivity index (χ1v) is 11.9. The monoisotopic (exact) mass is 455 g/mol.